The first-order valence-corrected chi connectivity index (χ1v) is 6.16. The molecule has 17 heavy (non-hydrogen) atoms. The molecule has 0 amide bonds. The number of anilines is 1. The second-order valence-corrected chi connectivity index (χ2v) is 4.72. The van der Waals surface area contributed by atoms with Gasteiger partial charge in [-0.05, 0) is 37.1 Å². The van der Waals surface area contributed by atoms with Crippen molar-refractivity contribution in [3.8, 4) is 0 Å². The van der Waals surface area contributed by atoms with Crippen LogP contribution in [-0.2, 0) is 0 Å². The third kappa shape index (κ3) is 1.98. The summed E-state index contributed by atoms with van der Waals surface area (Å²) in [5.74, 6) is 0.648. The van der Waals surface area contributed by atoms with Gasteiger partial charge in [-0.3, -0.25) is 4.98 Å². The quantitative estimate of drug-likeness (QED) is 0.853. The van der Waals surface area contributed by atoms with E-state index in [0.29, 0.717) is 5.92 Å². The molecule has 3 rings (SSSR count). The van der Waals surface area contributed by atoms with Crippen molar-refractivity contribution in [1.82, 2.24) is 4.98 Å². The Kier molecular flexibility index (Phi) is 2.69. The number of aromatic nitrogens is 1. The second-order valence-electron chi connectivity index (χ2n) is 4.72. The summed E-state index contributed by atoms with van der Waals surface area (Å²) in [4.78, 5) is 6.81. The predicted molar refractivity (Wildman–Crippen MR) is 71.1 cm³/mol. The van der Waals surface area contributed by atoms with Crippen LogP contribution in [0.25, 0.3) is 10.9 Å². The van der Waals surface area contributed by atoms with Gasteiger partial charge in [0, 0.05) is 30.4 Å². The fourth-order valence-electron chi connectivity index (χ4n) is 2.51. The van der Waals surface area contributed by atoms with Gasteiger partial charge in [-0.2, -0.15) is 0 Å². The molecule has 0 aliphatic carbocycles. The zero-order valence-electron chi connectivity index (χ0n) is 9.84. The first kappa shape index (κ1) is 10.5. The van der Waals surface area contributed by atoms with Gasteiger partial charge in [-0.25, -0.2) is 0 Å². The Morgan fingerprint density at radius 1 is 1.35 bits per heavy atom. The van der Waals surface area contributed by atoms with Gasteiger partial charge in [0.15, 0.2) is 0 Å². The van der Waals surface area contributed by atoms with Crippen LogP contribution >= 0.6 is 0 Å². The van der Waals surface area contributed by atoms with E-state index >= 15 is 0 Å². The third-order valence-corrected chi connectivity index (χ3v) is 3.57. The summed E-state index contributed by atoms with van der Waals surface area (Å²) in [7, 11) is 0. The summed E-state index contributed by atoms with van der Waals surface area (Å²) in [5, 5.41) is 1.20. The fourth-order valence-corrected chi connectivity index (χ4v) is 2.51. The molecule has 88 valence electrons. The van der Waals surface area contributed by atoms with E-state index in [1.807, 2.05) is 12.3 Å². The van der Waals surface area contributed by atoms with Crippen LogP contribution in [0, 0.1) is 5.92 Å². The smallest absolute Gasteiger partial charge is 0.0722 e. The number of hydrogen-bond acceptors (Lipinski definition) is 3. The molecular weight excluding hydrogens is 210 g/mol. The largest absolute Gasteiger partial charge is 0.371 e. The summed E-state index contributed by atoms with van der Waals surface area (Å²) in [6.45, 7) is 2.98. The minimum absolute atomic E-state index is 0.648. The molecule has 2 heterocycles. The summed E-state index contributed by atoms with van der Waals surface area (Å²) < 4.78 is 0. The van der Waals surface area contributed by atoms with E-state index in [9.17, 15) is 0 Å². The van der Waals surface area contributed by atoms with E-state index in [2.05, 4.69) is 34.1 Å². The van der Waals surface area contributed by atoms with Gasteiger partial charge in [0.05, 0.1) is 5.52 Å². The van der Waals surface area contributed by atoms with Crippen molar-refractivity contribution in [3.05, 3.63) is 36.5 Å². The van der Waals surface area contributed by atoms with Gasteiger partial charge in [-0.1, -0.05) is 12.1 Å². The van der Waals surface area contributed by atoms with Crippen molar-refractivity contribution in [2.45, 2.75) is 6.42 Å². The van der Waals surface area contributed by atoms with Crippen LogP contribution in [0.3, 0.4) is 0 Å². The standard InChI is InChI=1S/C14H17N3/c15-9-11-5-7-17(10-11)13-4-3-12-2-1-6-16-14(12)8-13/h1-4,6,8,11H,5,7,9-10,15H2. The molecule has 1 aromatic carbocycles. The maximum atomic E-state index is 5.73. The van der Waals surface area contributed by atoms with Crippen LogP contribution < -0.4 is 10.6 Å². The van der Waals surface area contributed by atoms with Crippen LogP contribution in [0.15, 0.2) is 36.5 Å². The molecule has 1 unspecified atom stereocenters. The Morgan fingerprint density at radius 2 is 2.29 bits per heavy atom. The number of rotatable bonds is 2. The van der Waals surface area contributed by atoms with Crippen LogP contribution in [0.4, 0.5) is 5.69 Å². The number of nitrogens with two attached hydrogens (primary N) is 1. The van der Waals surface area contributed by atoms with Crippen molar-refractivity contribution in [2.75, 3.05) is 24.5 Å². The molecule has 1 aromatic heterocycles. The zero-order valence-corrected chi connectivity index (χ0v) is 9.84. The molecule has 2 N–H and O–H groups in total. The van der Waals surface area contributed by atoms with E-state index in [1.54, 1.807) is 0 Å². The van der Waals surface area contributed by atoms with Crippen molar-refractivity contribution >= 4 is 16.6 Å². The normalized spacial score (nSPS) is 20.1. The molecule has 1 aliphatic rings. The minimum Gasteiger partial charge on any atom is -0.371 e. The Bertz CT molecular complexity index is 524. The number of hydrogen-bond donors (Lipinski definition) is 1. The lowest BCUT2D eigenvalue weighted by Gasteiger charge is -2.18. The lowest BCUT2D eigenvalue weighted by Crippen LogP contribution is -2.22. The van der Waals surface area contributed by atoms with Crippen molar-refractivity contribution in [1.29, 1.82) is 0 Å². The van der Waals surface area contributed by atoms with Gasteiger partial charge in [0.1, 0.15) is 0 Å². The topological polar surface area (TPSA) is 42.1 Å². The SMILES string of the molecule is NCC1CCN(c2ccc3cccnc3c2)C1. The Morgan fingerprint density at radius 3 is 3.12 bits per heavy atom. The monoisotopic (exact) mass is 227 g/mol. The van der Waals surface area contributed by atoms with Crippen molar-refractivity contribution < 1.29 is 0 Å². The Labute approximate surface area is 101 Å². The Balaban J connectivity index is 1.91. The number of fused-ring (bicyclic) bond motifs is 1. The lowest BCUT2D eigenvalue weighted by molar-refractivity contribution is 0.603. The van der Waals surface area contributed by atoms with E-state index in [1.165, 1.54) is 17.5 Å². The van der Waals surface area contributed by atoms with E-state index in [4.69, 9.17) is 5.73 Å². The molecule has 0 spiro atoms. The molecule has 3 nitrogen and oxygen atoms in total. The predicted octanol–water partition coefficient (Wildman–Crippen LogP) is 2.02. The van der Waals surface area contributed by atoms with Crippen LogP contribution in [0.1, 0.15) is 6.42 Å². The molecule has 1 atom stereocenters. The average Bonchev–Trinajstić information content (AvgIpc) is 2.87. The van der Waals surface area contributed by atoms with Gasteiger partial charge >= 0.3 is 0 Å². The summed E-state index contributed by atoms with van der Waals surface area (Å²) in [6, 6.07) is 10.6. The fraction of sp³-hybridized carbons (Fsp3) is 0.357. The maximum absolute atomic E-state index is 5.73. The summed E-state index contributed by atoms with van der Waals surface area (Å²) in [5.41, 5.74) is 8.07. The third-order valence-electron chi connectivity index (χ3n) is 3.57. The maximum Gasteiger partial charge on any atom is 0.0722 e. The van der Waals surface area contributed by atoms with E-state index in [-0.39, 0.29) is 0 Å². The molecule has 1 fully saturated rings. The van der Waals surface area contributed by atoms with E-state index in [0.717, 1.165) is 25.2 Å². The van der Waals surface area contributed by atoms with E-state index < -0.39 is 0 Å². The van der Waals surface area contributed by atoms with Gasteiger partial charge < -0.3 is 10.6 Å². The number of nitrogens with zero attached hydrogens (tertiary/aromatic N) is 2. The van der Waals surface area contributed by atoms with Gasteiger partial charge in [0.25, 0.3) is 0 Å². The van der Waals surface area contributed by atoms with Crippen molar-refractivity contribution in [3.63, 3.8) is 0 Å². The highest BCUT2D eigenvalue weighted by Gasteiger charge is 2.21. The first-order valence-electron chi connectivity index (χ1n) is 6.16. The molecule has 1 aliphatic heterocycles. The van der Waals surface area contributed by atoms with Crippen LogP contribution in [0.5, 0.6) is 0 Å². The zero-order chi connectivity index (χ0) is 11.7. The Hall–Kier alpha value is -1.61. The molecular formula is C14H17N3. The van der Waals surface area contributed by atoms with Gasteiger partial charge in [-0.15, -0.1) is 0 Å². The highest BCUT2D eigenvalue weighted by Crippen LogP contribution is 2.25. The second kappa shape index (κ2) is 4.34. The number of benzene rings is 1. The van der Waals surface area contributed by atoms with Gasteiger partial charge in [0.2, 0.25) is 0 Å². The van der Waals surface area contributed by atoms with Crippen molar-refractivity contribution in [2.24, 2.45) is 11.7 Å². The molecule has 0 radical (unpaired) electrons. The highest BCUT2D eigenvalue weighted by molar-refractivity contribution is 5.82. The summed E-state index contributed by atoms with van der Waals surface area (Å²) >= 11 is 0. The first-order chi connectivity index (χ1) is 8.36. The molecule has 3 heteroatoms. The molecule has 2 aromatic rings. The summed E-state index contributed by atoms with van der Waals surface area (Å²) in [6.07, 6.45) is 3.05. The van der Waals surface area contributed by atoms with Crippen LogP contribution in [0.2, 0.25) is 0 Å². The lowest BCUT2D eigenvalue weighted by atomic mass is 10.1. The number of pyridine rings is 1. The average molecular weight is 227 g/mol. The molecule has 1 saturated heterocycles. The minimum atomic E-state index is 0.648. The molecule has 0 bridgehead atoms. The highest BCUT2D eigenvalue weighted by atomic mass is 15.2. The molecule has 0 saturated carbocycles. The van der Waals surface area contributed by atoms with Crippen LogP contribution in [-0.4, -0.2) is 24.6 Å².